The average Bonchev–Trinajstić information content (AvgIpc) is 2.16. The SMILES string of the molecule is Nc1ccncc1C(O)C(O)CO. The molecule has 0 amide bonds. The zero-order chi connectivity index (χ0) is 9.84. The Morgan fingerprint density at radius 2 is 2.15 bits per heavy atom. The summed E-state index contributed by atoms with van der Waals surface area (Å²) in [5, 5.41) is 27.1. The van der Waals surface area contributed by atoms with Crippen molar-refractivity contribution in [2.75, 3.05) is 12.3 Å². The fraction of sp³-hybridized carbons (Fsp3) is 0.375. The van der Waals surface area contributed by atoms with Crippen molar-refractivity contribution in [1.29, 1.82) is 0 Å². The Labute approximate surface area is 75.5 Å². The van der Waals surface area contributed by atoms with Crippen LogP contribution in [0.1, 0.15) is 11.7 Å². The number of aliphatic hydroxyl groups is 3. The number of aromatic nitrogens is 1. The van der Waals surface area contributed by atoms with Gasteiger partial charge in [0.1, 0.15) is 12.2 Å². The van der Waals surface area contributed by atoms with Crippen LogP contribution in [0.5, 0.6) is 0 Å². The van der Waals surface area contributed by atoms with Crippen LogP contribution in [-0.4, -0.2) is 33.0 Å². The van der Waals surface area contributed by atoms with Crippen molar-refractivity contribution >= 4 is 5.69 Å². The van der Waals surface area contributed by atoms with E-state index in [0.29, 0.717) is 11.3 Å². The predicted molar refractivity (Wildman–Crippen MR) is 46.7 cm³/mol. The van der Waals surface area contributed by atoms with Crippen molar-refractivity contribution in [3.8, 4) is 0 Å². The van der Waals surface area contributed by atoms with E-state index in [9.17, 15) is 5.11 Å². The third-order valence-electron chi connectivity index (χ3n) is 1.76. The molecule has 72 valence electrons. The third kappa shape index (κ3) is 2.15. The Kier molecular flexibility index (Phi) is 3.18. The molecule has 1 heterocycles. The van der Waals surface area contributed by atoms with Gasteiger partial charge in [-0.3, -0.25) is 4.98 Å². The van der Waals surface area contributed by atoms with E-state index in [0.717, 1.165) is 0 Å². The molecule has 2 unspecified atom stereocenters. The standard InChI is InChI=1S/C8H12N2O3/c9-6-1-2-10-3-5(6)8(13)7(12)4-11/h1-3,7-8,11-13H,4H2,(H2,9,10). The van der Waals surface area contributed by atoms with Gasteiger partial charge in [0, 0.05) is 23.6 Å². The second-order valence-electron chi connectivity index (χ2n) is 2.70. The van der Waals surface area contributed by atoms with Gasteiger partial charge in [-0.2, -0.15) is 0 Å². The molecule has 1 aromatic heterocycles. The number of hydrogen-bond donors (Lipinski definition) is 4. The Morgan fingerprint density at radius 1 is 1.46 bits per heavy atom. The summed E-state index contributed by atoms with van der Waals surface area (Å²) in [5.41, 5.74) is 6.19. The lowest BCUT2D eigenvalue weighted by Gasteiger charge is -2.16. The topological polar surface area (TPSA) is 99.6 Å². The van der Waals surface area contributed by atoms with Gasteiger partial charge in [0.05, 0.1) is 6.61 Å². The summed E-state index contributed by atoms with van der Waals surface area (Å²) >= 11 is 0. The lowest BCUT2D eigenvalue weighted by Crippen LogP contribution is -2.23. The Balaban J connectivity index is 2.88. The van der Waals surface area contributed by atoms with Crippen LogP contribution in [0.25, 0.3) is 0 Å². The first-order valence-electron chi connectivity index (χ1n) is 3.83. The summed E-state index contributed by atoms with van der Waals surface area (Å²) in [5.74, 6) is 0. The second-order valence-corrected chi connectivity index (χ2v) is 2.70. The molecule has 0 saturated carbocycles. The average molecular weight is 184 g/mol. The Bertz CT molecular complexity index is 280. The molecule has 0 aromatic carbocycles. The first kappa shape index (κ1) is 9.91. The van der Waals surface area contributed by atoms with Gasteiger partial charge in [0.25, 0.3) is 0 Å². The smallest absolute Gasteiger partial charge is 0.111 e. The summed E-state index contributed by atoms with van der Waals surface area (Å²) in [6.45, 7) is -0.518. The van der Waals surface area contributed by atoms with Gasteiger partial charge in [0.15, 0.2) is 0 Å². The molecule has 0 aliphatic rings. The second kappa shape index (κ2) is 4.18. The fourth-order valence-electron chi connectivity index (χ4n) is 0.972. The van der Waals surface area contributed by atoms with Crippen LogP contribution in [0.3, 0.4) is 0 Å². The van der Waals surface area contributed by atoms with Gasteiger partial charge in [-0.05, 0) is 6.07 Å². The van der Waals surface area contributed by atoms with E-state index in [-0.39, 0.29) is 0 Å². The van der Waals surface area contributed by atoms with Crippen LogP contribution in [-0.2, 0) is 0 Å². The van der Waals surface area contributed by atoms with Gasteiger partial charge in [0.2, 0.25) is 0 Å². The highest BCUT2D eigenvalue weighted by Crippen LogP contribution is 2.21. The van der Waals surface area contributed by atoms with Gasteiger partial charge in [-0.25, -0.2) is 0 Å². The maximum absolute atomic E-state index is 9.44. The molecule has 0 aliphatic carbocycles. The number of hydrogen-bond acceptors (Lipinski definition) is 5. The van der Waals surface area contributed by atoms with Crippen LogP contribution in [0.2, 0.25) is 0 Å². The summed E-state index contributed by atoms with van der Waals surface area (Å²) in [6, 6.07) is 1.52. The monoisotopic (exact) mass is 184 g/mol. The van der Waals surface area contributed by atoms with Gasteiger partial charge in [-0.1, -0.05) is 0 Å². The molecule has 0 bridgehead atoms. The zero-order valence-corrected chi connectivity index (χ0v) is 6.96. The minimum absolute atomic E-state index is 0.323. The number of nitrogens with two attached hydrogens (primary N) is 1. The summed E-state index contributed by atoms with van der Waals surface area (Å²) in [6.07, 6.45) is 0.417. The van der Waals surface area contributed by atoms with Crippen molar-refractivity contribution in [3.05, 3.63) is 24.0 Å². The minimum atomic E-state index is -1.23. The number of rotatable bonds is 3. The van der Waals surface area contributed by atoms with Crippen LogP contribution in [0.15, 0.2) is 18.5 Å². The molecule has 0 radical (unpaired) electrons. The molecule has 2 atom stereocenters. The zero-order valence-electron chi connectivity index (χ0n) is 6.96. The highest BCUT2D eigenvalue weighted by Gasteiger charge is 2.19. The number of pyridine rings is 1. The Morgan fingerprint density at radius 3 is 2.69 bits per heavy atom. The van der Waals surface area contributed by atoms with Crippen molar-refractivity contribution in [2.24, 2.45) is 0 Å². The van der Waals surface area contributed by atoms with Crippen molar-refractivity contribution in [3.63, 3.8) is 0 Å². The molecule has 5 nitrogen and oxygen atoms in total. The molecule has 1 aromatic rings. The van der Waals surface area contributed by atoms with Crippen molar-refractivity contribution in [2.45, 2.75) is 12.2 Å². The van der Waals surface area contributed by atoms with E-state index >= 15 is 0 Å². The lowest BCUT2D eigenvalue weighted by atomic mass is 10.1. The van der Waals surface area contributed by atoms with Crippen LogP contribution >= 0.6 is 0 Å². The fourth-order valence-corrected chi connectivity index (χ4v) is 0.972. The Hall–Kier alpha value is -1.17. The molecule has 5 heteroatoms. The first-order chi connectivity index (χ1) is 6.16. The van der Waals surface area contributed by atoms with Crippen molar-refractivity contribution in [1.82, 2.24) is 4.98 Å². The summed E-state index contributed by atoms with van der Waals surface area (Å²) in [4.78, 5) is 3.75. The summed E-state index contributed by atoms with van der Waals surface area (Å²) < 4.78 is 0. The molecule has 0 spiro atoms. The molecule has 1 rings (SSSR count). The summed E-state index contributed by atoms with van der Waals surface area (Å²) in [7, 11) is 0. The molecule has 0 fully saturated rings. The van der Waals surface area contributed by atoms with Gasteiger partial charge >= 0.3 is 0 Å². The van der Waals surface area contributed by atoms with Crippen molar-refractivity contribution < 1.29 is 15.3 Å². The molecular weight excluding hydrogens is 172 g/mol. The highest BCUT2D eigenvalue weighted by atomic mass is 16.4. The number of aliphatic hydroxyl groups excluding tert-OH is 3. The minimum Gasteiger partial charge on any atom is -0.398 e. The quantitative estimate of drug-likeness (QED) is 0.485. The third-order valence-corrected chi connectivity index (χ3v) is 1.76. The first-order valence-corrected chi connectivity index (χ1v) is 3.83. The van der Waals surface area contributed by atoms with Crippen LogP contribution in [0.4, 0.5) is 5.69 Å². The largest absolute Gasteiger partial charge is 0.398 e. The molecule has 13 heavy (non-hydrogen) atoms. The number of anilines is 1. The van der Waals surface area contributed by atoms with E-state index in [1.165, 1.54) is 18.5 Å². The molecule has 5 N–H and O–H groups in total. The lowest BCUT2D eigenvalue weighted by molar-refractivity contribution is -0.0150. The molecule has 0 aliphatic heterocycles. The normalized spacial score (nSPS) is 15.3. The van der Waals surface area contributed by atoms with E-state index < -0.39 is 18.8 Å². The highest BCUT2D eigenvalue weighted by molar-refractivity contribution is 5.45. The maximum Gasteiger partial charge on any atom is 0.111 e. The van der Waals surface area contributed by atoms with Gasteiger partial charge < -0.3 is 21.1 Å². The van der Waals surface area contributed by atoms with E-state index in [1.54, 1.807) is 0 Å². The van der Waals surface area contributed by atoms with Gasteiger partial charge in [-0.15, -0.1) is 0 Å². The van der Waals surface area contributed by atoms with E-state index in [1.807, 2.05) is 0 Å². The number of nitrogens with zero attached hydrogens (tertiary/aromatic N) is 1. The van der Waals surface area contributed by atoms with Crippen LogP contribution < -0.4 is 5.73 Å². The molecule has 0 saturated heterocycles. The van der Waals surface area contributed by atoms with Crippen LogP contribution in [0, 0.1) is 0 Å². The van der Waals surface area contributed by atoms with E-state index in [2.05, 4.69) is 4.98 Å². The maximum atomic E-state index is 9.44. The molecular formula is C8H12N2O3. The van der Waals surface area contributed by atoms with E-state index in [4.69, 9.17) is 15.9 Å². The number of nitrogen functional groups attached to an aromatic ring is 1. The predicted octanol–water partition coefficient (Wildman–Crippen LogP) is -0.950.